The SMILES string of the molecule is CN=C(NCCCOCC1CCOC1)NCc1ccc(NC(=O)c2ccco2)cc1.I. The van der Waals surface area contributed by atoms with E-state index < -0.39 is 0 Å². The largest absolute Gasteiger partial charge is 0.459 e. The van der Waals surface area contributed by atoms with Crippen molar-refractivity contribution in [1.82, 2.24) is 10.6 Å². The number of ether oxygens (including phenoxy) is 2. The summed E-state index contributed by atoms with van der Waals surface area (Å²) in [6.45, 7) is 4.62. The number of furan rings is 1. The molecule has 2 heterocycles. The molecule has 0 radical (unpaired) electrons. The van der Waals surface area contributed by atoms with Crippen LogP contribution in [0.5, 0.6) is 0 Å². The van der Waals surface area contributed by atoms with Crippen molar-refractivity contribution >= 4 is 41.5 Å². The zero-order valence-electron chi connectivity index (χ0n) is 17.8. The molecule has 1 saturated heterocycles. The first-order chi connectivity index (χ1) is 14.7. The number of nitrogens with one attached hydrogen (secondary N) is 3. The highest BCUT2D eigenvalue weighted by Crippen LogP contribution is 2.13. The van der Waals surface area contributed by atoms with Crippen molar-refractivity contribution in [3.05, 3.63) is 54.0 Å². The molecular weight excluding hydrogens is 511 g/mol. The lowest BCUT2D eigenvalue weighted by Gasteiger charge is -2.13. The molecule has 3 N–H and O–H groups in total. The summed E-state index contributed by atoms with van der Waals surface area (Å²) in [7, 11) is 1.75. The van der Waals surface area contributed by atoms with Crippen LogP contribution in [-0.2, 0) is 16.0 Å². The van der Waals surface area contributed by atoms with Crippen LogP contribution in [0.2, 0.25) is 0 Å². The summed E-state index contributed by atoms with van der Waals surface area (Å²) in [4.78, 5) is 16.2. The second-order valence-corrected chi connectivity index (χ2v) is 7.14. The van der Waals surface area contributed by atoms with Gasteiger partial charge in [0.2, 0.25) is 0 Å². The Morgan fingerprint density at radius 2 is 2.06 bits per heavy atom. The molecule has 170 valence electrons. The lowest BCUT2D eigenvalue weighted by molar-refractivity contribution is 0.0888. The average Bonchev–Trinajstić information content (AvgIpc) is 3.48. The van der Waals surface area contributed by atoms with Gasteiger partial charge in [0.15, 0.2) is 11.7 Å². The Balaban J connectivity index is 0.00000341. The highest BCUT2D eigenvalue weighted by molar-refractivity contribution is 14.0. The maximum atomic E-state index is 12.0. The number of carbonyl (C=O) groups excluding carboxylic acids is 1. The van der Waals surface area contributed by atoms with Gasteiger partial charge >= 0.3 is 0 Å². The Labute approximate surface area is 200 Å². The molecule has 1 amide bonds. The fourth-order valence-electron chi connectivity index (χ4n) is 3.06. The molecule has 0 bridgehead atoms. The first-order valence-corrected chi connectivity index (χ1v) is 10.3. The molecule has 31 heavy (non-hydrogen) atoms. The van der Waals surface area contributed by atoms with Crippen LogP contribution in [0.15, 0.2) is 52.1 Å². The summed E-state index contributed by atoms with van der Waals surface area (Å²) in [6, 6.07) is 10.9. The number of amides is 1. The van der Waals surface area contributed by atoms with E-state index in [0.29, 0.717) is 18.2 Å². The minimum absolute atomic E-state index is 0. The maximum absolute atomic E-state index is 12.0. The third-order valence-electron chi connectivity index (χ3n) is 4.78. The number of anilines is 1. The molecule has 0 spiro atoms. The van der Waals surface area contributed by atoms with Gasteiger partial charge in [-0.3, -0.25) is 9.79 Å². The molecule has 1 aromatic carbocycles. The molecular formula is C22H31IN4O4. The normalized spacial score (nSPS) is 15.9. The van der Waals surface area contributed by atoms with E-state index in [1.807, 2.05) is 24.3 Å². The average molecular weight is 542 g/mol. The number of nitrogens with zero attached hydrogens (tertiary/aromatic N) is 1. The zero-order valence-corrected chi connectivity index (χ0v) is 20.1. The van der Waals surface area contributed by atoms with E-state index in [1.165, 1.54) is 6.26 Å². The quantitative estimate of drug-likeness (QED) is 0.185. The van der Waals surface area contributed by atoms with Crippen molar-refractivity contribution in [3.8, 4) is 0 Å². The van der Waals surface area contributed by atoms with Crippen molar-refractivity contribution in [2.24, 2.45) is 10.9 Å². The van der Waals surface area contributed by atoms with E-state index >= 15 is 0 Å². The third-order valence-corrected chi connectivity index (χ3v) is 4.78. The predicted octanol–water partition coefficient (Wildman–Crippen LogP) is 3.26. The Morgan fingerprint density at radius 3 is 2.74 bits per heavy atom. The second kappa shape index (κ2) is 14.0. The molecule has 1 aliphatic rings. The molecule has 0 aliphatic carbocycles. The van der Waals surface area contributed by atoms with Gasteiger partial charge in [0.1, 0.15) is 0 Å². The van der Waals surface area contributed by atoms with Crippen LogP contribution in [0.1, 0.15) is 29.0 Å². The molecule has 9 heteroatoms. The van der Waals surface area contributed by atoms with Crippen molar-refractivity contribution in [1.29, 1.82) is 0 Å². The van der Waals surface area contributed by atoms with Gasteiger partial charge in [0.25, 0.3) is 5.91 Å². The maximum Gasteiger partial charge on any atom is 0.291 e. The van der Waals surface area contributed by atoms with Crippen LogP contribution in [0.4, 0.5) is 5.69 Å². The number of rotatable bonds is 10. The Hall–Kier alpha value is -2.11. The molecule has 3 rings (SSSR count). The molecule has 1 fully saturated rings. The van der Waals surface area contributed by atoms with Crippen LogP contribution in [0, 0.1) is 5.92 Å². The van der Waals surface area contributed by atoms with Gasteiger partial charge in [0.05, 0.1) is 19.5 Å². The minimum Gasteiger partial charge on any atom is -0.459 e. The number of carbonyl (C=O) groups is 1. The summed E-state index contributed by atoms with van der Waals surface area (Å²) >= 11 is 0. The van der Waals surface area contributed by atoms with Gasteiger partial charge in [0, 0.05) is 45.0 Å². The van der Waals surface area contributed by atoms with E-state index in [-0.39, 0.29) is 35.6 Å². The number of aliphatic imine (C=N–C) groups is 1. The van der Waals surface area contributed by atoms with Gasteiger partial charge in [-0.2, -0.15) is 0 Å². The van der Waals surface area contributed by atoms with E-state index in [0.717, 1.165) is 57.3 Å². The molecule has 1 unspecified atom stereocenters. The number of halogens is 1. The number of hydrogen-bond donors (Lipinski definition) is 3. The van der Waals surface area contributed by atoms with E-state index in [1.54, 1.807) is 19.2 Å². The standard InChI is InChI=1S/C22H30N4O4.HI/c1-23-22(24-10-3-11-28-15-18-9-13-29-16-18)25-14-17-5-7-19(8-6-17)26-21(27)20-4-2-12-30-20;/h2,4-8,12,18H,3,9-11,13-16H2,1H3,(H,26,27)(H2,23,24,25);1H. The summed E-state index contributed by atoms with van der Waals surface area (Å²) in [6.07, 6.45) is 3.49. The van der Waals surface area contributed by atoms with Gasteiger partial charge < -0.3 is 29.8 Å². The molecule has 8 nitrogen and oxygen atoms in total. The Kier molecular flexibility index (Phi) is 11.4. The molecule has 0 saturated carbocycles. The van der Waals surface area contributed by atoms with Crippen LogP contribution >= 0.6 is 24.0 Å². The molecule has 1 atom stereocenters. The highest BCUT2D eigenvalue weighted by Gasteiger charge is 2.15. The van der Waals surface area contributed by atoms with Crippen molar-refractivity contribution in [2.75, 3.05) is 45.3 Å². The van der Waals surface area contributed by atoms with Crippen LogP contribution < -0.4 is 16.0 Å². The fraction of sp³-hybridized carbons (Fsp3) is 0.455. The second-order valence-electron chi connectivity index (χ2n) is 7.14. The topological polar surface area (TPSA) is 97.1 Å². The number of benzene rings is 1. The van der Waals surface area contributed by atoms with Crippen molar-refractivity contribution in [3.63, 3.8) is 0 Å². The molecule has 1 aromatic heterocycles. The lowest BCUT2D eigenvalue weighted by atomic mass is 10.1. The van der Waals surface area contributed by atoms with Crippen LogP contribution in [-0.4, -0.2) is 51.9 Å². The third kappa shape index (κ3) is 8.88. The zero-order chi connectivity index (χ0) is 21.0. The molecule has 2 aromatic rings. The van der Waals surface area contributed by atoms with E-state index in [2.05, 4.69) is 20.9 Å². The lowest BCUT2D eigenvalue weighted by Crippen LogP contribution is -2.37. The smallest absolute Gasteiger partial charge is 0.291 e. The Morgan fingerprint density at radius 1 is 1.23 bits per heavy atom. The fourth-order valence-corrected chi connectivity index (χ4v) is 3.06. The van der Waals surface area contributed by atoms with Crippen molar-refractivity contribution in [2.45, 2.75) is 19.4 Å². The van der Waals surface area contributed by atoms with Gasteiger partial charge in [-0.1, -0.05) is 12.1 Å². The monoisotopic (exact) mass is 542 g/mol. The molecule has 1 aliphatic heterocycles. The first kappa shape index (κ1) is 25.2. The van der Waals surface area contributed by atoms with Gasteiger partial charge in [-0.05, 0) is 42.7 Å². The summed E-state index contributed by atoms with van der Waals surface area (Å²) in [5.41, 5.74) is 1.79. The number of guanidine groups is 1. The van der Waals surface area contributed by atoms with Gasteiger partial charge in [-0.15, -0.1) is 24.0 Å². The summed E-state index contributed by atoms with van der Waals surface area (Å²) < 4.78 is 16.1. The summed E-state index contributed by atoms with van der Waals surface area (Å²) in [5.74, 6) is 1.32. The van der Waals surface area contributed by atoms with Crippen molar-refractivity contribution < 1.29 is 18.7 Å². The van der Waals surface area contributed by atoms with Crippen LogP contribution in [0.25, 0.3) is 0 Å². The highest BCUT2D eigenvalue weighted by atomic mass is 127. The van der Waals surface area contributed by atoms with E-state index in [4.69, 9.17) is 13.9 Å². The minimum atomic E-state index is -0.268. The van der Waals surface area contributed by atoms with E-state index in [9.17, 15) is 4.79 Å². The summed E-state index contributed by atoms with van der Waals surface area (Å²) in [5, 5.41) is 9.37. The Bertz CT molecular complexity index is 790. The predicted molar refractivity (Wildman–Crippen MR) is 131 cm³/mol. The first-order valence-electron chi connectivity index (χ1n) is 10.3. The van der Waals surface area contributed by atoms with Crippen LogP contribution in [0.3, 0.4) is 0 Å². The van der Waals surface area contributed by atoms with Gasteiger partial charge in [-0.25, -0.2) is 0 Å². The number of hydrogen-bond acceptors (Lipinski definition) is 5.